The maximum atomic E-state index is 13.6. The molecule has 0 spiro atoms. The highest BCUT2D eigenvalue weighted by atomic mass is 19.1. The number of para-hydroxylation sites is 1. The zero-order chi connectivity index (χ0) is 17.9. The predicted molar refractivity (Wildman–Crippen MR) is 98.1 cm³/mol. The van der Waals surface area contributed by atoms with Crippen molar-refractivity contribution in [2.24, 2.45) is 0 Å². The van der Waals surface area contributed by atoms with Crippen LogP contribution in [0.5, 0.6) is 0 Å². The molecule has 0 unspecified atom stereocenters. The van der Waals surface area contributed by atoms with Gasteiger partial charge in [-0.15, -0.1) is 0 Å². The average Bonchev–Trinajstić information content (AvgIpc) is 2.62. The summed E-state index contributed by atoms with van der Waals surface area (Å²) in [4.78, 5) is 14.5. The number of urea groups is 1. The van der Waals surface area contributed by atoms with Gasteiger partial charge in [0.05, 0.1) is 5.69 Å². The topological polar surface area (TPSA) is 44.4 Å². The Labute approximate surface area is 148 Å². The summed E-state index contributed by atoms with van der Waals surface area (Å²) in [5, 5.41) is 5.42. The van der Waals surface area contributed by atoms with Crippen molar-refractivity contribution in [2.75, 3.05) is 18.4 Å². The molecule has 0 aromatic heterocycles. The van der Waals surface area contributed by atoms with Gasteiger partial charge in [0.2, 0.25) is 0 Å². The van der Waals surface area contributed by atoms with E-state index in [1.165, 1.54) is 17.2 Å². The van der Waals surface area contributed by atoms with Gasteiger partial charge in [0.15, 0.2) is 0 Å². The molecule has 1 heterocycles. The standard InChI is InChI=1S/C20H24FN3O/c1-20(2,24-12-11-15-7-3-4-8-16(15)13-24)14-22-19(25)23-18-10-6-5-9-17(18)21/h3-10H,11-14H2,1-2H3,(H2,22,23,25). The third-order valence-electron chi connectivity index (χ3n) is 4.79. The minimum absolute atomic E-state index is 0.185. The first kappa shape index (κ1) is 17.4. The second kappa shape index (κ2) is 7.23. The van der Waals surface area contributed by atoms with Gasteiger partial charge in [-0.3, -0.25) is 4.90 Å². The smallest absolute Gasteiger partial charge is 0.319 e. The molecule has 0 fully saturated rings. The third-order valence-corrected chi connectivity index (χ3v) is 4.79. The Morgan fingerprint density at radius 2 is 1.80 bits per heavy atom. The van der Waals surface area contributed by atoms with Crippen molar-refractivity contribution >= 4 is 11.7 Å². The Morgan fingerprint density at radius 1 is 1.12 bits per heavy atom. The first-order chi connectivity index (χ1) is 12.0. The Hall–Kier alpha value is -2.40. The van der Waals surface area contributed by atoms with E-state index in [1.807, 2.05) is 0 Å². The zero-order valence-corrected chi connectivity index (χ0v) is 14.7. The molecule has 0 atom stereocenters. The minimum atomic E-state index is -0.440. The Bertz CT molecular complexity index is 760. The summed E-state index contributed by atoms with van der Waals surface area (Å²) in [5.74, 6) is -0.440. The molecule has 3 rings (SSSR count). The number of nitrogens with one attached hydrogen (secondary N) is 2. The molecule has 0 radical (unpaired) electrons. The molecule has 5 heteroatoms. The first-order valence-corrected chi connectivity index (χ1v) is 8.57. The van der Waals surface area contributed by atoms with Crippen LogP contribution in [0.2, 0.25) is 0 Å². The first-order valence-electron chi connectivity index (χ1n) is 8.57. The summed E-state index contributed by atoms with van der Waals surface area (Å²) in [5.41, 5.74) is 2.74. The lowest BCUT2D eigenvalue weighted by atomic mass is 9.94. The van der Waals surface area contributed by atoms with Gasteiger partial charge in [-0.25, -0.2) is 9.18 Å². The molecule has 25 heavy (non-hydrogen) atoms. The van der Waals surface area contributed by atoms with Crippen LogP contribution in [0, 0.1) is 5.82 Å². The number of anilines is 1. The number of carbonyl (C=O) groups excluding carboxylic acids is 1. The van der Waals surface area contributed by atoms with Gasteiger partial charge < -0.3 is 10.6 Å². The fourth-order valence-electron chi connectivity index (χ4n) is 3.15. The summed E-state index contributed by atoms with van der Waals surface area (Å²) in [6.45, 7) is 6.55. The number of amides is 2. The Kier molecular flexibility index (Phi) is 5.04. The summed E-state index contributed by atoms with van der Waals surface area (Å²) in [6, 6.07) is 14.2. The molecular formula is C20H24FN3O. The van der Waals surface area contributed by atoms with E-state index in [9.17, 15) is 9.18 Å². The number of fused-ring (bicyclic) bond motifs is 1. The lowest BCUT2D eigenvalue weighted by Gasteiger charge is -2.41. The van der Waals surface area contributed by atoms with Crippen LogP contribution in [0.3, 0.4) is 0 Å². The van der Waals surface area contributed by atoms with Crippen molar-refractivity contribution in [2.45, 2.75) is 32.4 Å². The lowest BCUT2D eigenvalue weighted by molar-refractivity contribution is 0.105. The van der Waals surface area contributed by atoms with E-state index in [0.29, 0.717) is 6.54 Å². The summed E-state index contributed by atoms with van der Waals surface area (Å²) in [6.07, 6.45) is 1.01. The van der Waals surface area contributed by atoms with Crippen LogP contribution in [0.15, 0.2) is 48.5 Å². The van der Waals surface area contributed by atoms with Crippen LogP contribution in [0.4, 0.5) is 14.9 Å². The molecule has 132 valence electrons. The van der Waals surface area contributed by atoms with E-state index in [2.05, 4.69) is 53.6 Å². The zero-order valence-electron chi connectivity index (χ0n) is 14.7. The normalized spacial score (nSPS) is 14.7. The van der Waals surface area contributed by atoms with Gasteiger partial charge in [0.1, 0.15) is 5.82 Å². The minimum Gasteiger partial charge on any atom is -0.336 e. The summed E-state index contributed by atoms with van der Waals surface area (Å²) < 4.78 is 13.6. The van der Waals surface area contributed by atoms with Gasteiger partial charge in [-0.05, 0) is 43.5 Å². The molecule has 2 aromatic carbocycles. The molecule has 0 aliphatic carbocycles. The number of hydrogen-bond acceptors (Lipinski definition) is 2. The largest absolute Gasteiger partial charge is 0.336 e. The predicted octanol–water partition coefficient (Wildman–Crippen LogP) is 3.78. The van der Waals surface area contributed by atoms with Crippen LogP contribution in [0.25, 0.3) is 0 Å². The molecule has 1 aliphatic heterocycles. The van der Waals surface area contributed by atoms with Gasteiger partial charge in [-0.2, -0.15) is 0 Å². The highest BCUT2D eigenvalue weighted by Crippen LogP contribution is 2.25. The number of rotatable bonds is 4. The summed E-state index contributed by atoms with van der Waals surface area (Å²) >= 11 is 0. The molecule has 1 aliphatic rings. The van der Waals surface area contributed by atoms with Crippen LogP contribution in [0.1, 0.15) is 25.0 Å². The monoisotopic (exact) mass is 341 g/mol. The van der Waals surface area contributed by atoms with E-state index >= 15 is 0 Å². The molecule has 0 saturated carbocycles. The third kappa shape index (κ3) is 4.17. The van der Waals surface area contributed by atoms with E-state index in [-0.39, 0.29) is 11.2 Å². The lowest BCUT2D eigenvalue weighted by Crippen LogP contribution is -2.53. The van der Waals surface area contributed by atoms with Crippen molar-refractivity contribution in [3.8, 4) is 0 Å². The molecular weight excluding hydrogens is 317 g/mol. The fourth-order valence-corrected chi connectivity index (χ4v) is 3.15. The average molecular weight is 341 g/mol. The number of halogens is 1. The highest BCUT2D eigenvalue weighted by molar-refractivity contribution is 5.89. The van der Waals surface area contributed by atoms with E-state index in [1.54, 1.807) is 18.2 Å². The van der Waals surface area contributed by atoms with Gasteiger partial charge in [-0.1, -0.05) is 36.4 Å². The molecule has 4 nitrogen and oxygen atoms in total. The number of carbonyl (C=O) groups is 1. The van der Waals surface area contributed by atoms with Crippen molar-refractivity contribution < 1.29 is 9.18 Å². The van der Waals surface area contributed by atoms with Crippen LogP contribution < -0.4 is 10.6 Å². The van der Waals surface area contributed by atoms with E-state index in [4.69, 9.17) is 0 Å². The highest BCUT2D eigenvalue weighted by Gasteiger charge is 2.30. The summed E-state index contributed by atoms with van der Waals surface area (Å²) in [7, 11) is 0. The van der Waals surface area contributed by atoms with Crippen LogP contribution >= 0.6 is 0 Å². The number of hydrogen-bond donors (Lipinski definition) is 2. The maximum Gasteiger partial charge on any atom is 0.319 e. The number of benzene rings is 2. The fraction of sp³-hybridized carbons (Fsp3) is 0.350. The second-order valence-electron chi connectivity index (χ2n) is 7.04. The van der Waals surface area contributed by atoms with Crippen molar-refractivity contribution in [1.82, 2.24) is 10.2 Å². The Morgan fingerprint density at radius 3 is 2.56 bits per heavy atom. The molecule has 2 N–H and O–H groups in total. The van der Waals surface area contributed by atoms with Crippen LogP contribution in [-0.2, 0) is 13.0 Å². The molecule has 2 aromatic rings. The second-order valence-corrected chi connectivity index (χ2v) is 7.04. The quantitative estimate of drug-likeness (QED) is 0.889. The van der Waals surface area contributed by atoms with E-state index < -0.39 is 11.8 Å². The SMILES string of the molecule is CC(C)(CNC(=O)Nc1ccccc1F)N1CCc2ccccc2C1. The molecule has 0 saturated heterocycles. The molecule has 0 bridgehead atoms. The molecule has 2 amide bonds. The maximum absolute atomic E-state index is 13.6. The van der Waals surface area contributed by atoms with Crippen molar-refractivity contribution in [1.29, 1.82) is 0 Å². The number of nitrogens with zero attached hydrogens (tertiary/aromatic N) is 1. The van der Waals surface area contributed by atoms with Gasteiger partial charge in [0.25, 0.3) is 0 Å². The van der Waals surface area contributed by atoms with Crippen LogP contribution in [-0.4, -0.2) is 29.6 Å². The van der Waals surface area contributed by atoms with Gasteiger partial charge >= 0.3 is 6.03 Å². The van der Waals surface area contributed by atoms with Crippen molar-refractivity contribution in [3.05, 3.63) is 65.5 Å². The van der Waals surface area contributed by atoms with E-state index in [0.717, 1.165) is 19.5 Å². The van der Waals surface area contributed by atoms with Gasteiger partial charge in [0, 0.05) is 25.2 Å². The van der Waals surface area contributed by atoms with Crippen molar-refractivity contribution in [3.63, 3.8) is 0 Å². The Balaban J connectivity index is 1.57.